The number of hydrogen-bond donors (Lipinski definition) is 1. The summed E-state index contributed by atoms with van der Waals surface area (Å²) in [7, 11) is 0. The first kappa shape index (κ1) is 9.40. The van der Waals surface area contributed by atoms with Crippen LogP contribution in [-0.4, -0.2) is 23.7 Å². The fourth-order valence-corrected chi connectivity index (χ4v) is 2.20. The lowest BCUT2D eigenvalue weighted by atomic mass is 9.83. The standard InChI is InChI=1S/C9H18OS/c1-9(7-10,5-6-11-2)8-3-4-8/h8,10H,3-7H2,1-2H3. The first-order valence-electron chi connectivity index (χ1n) is 4.33. The third kappa shape index (κ3) is 2.38. The van der Waals surface area contributed by atoms with Crippen molar-refractivity contribution in [1.29, 1.82) is 0 Å². The smallest absolute Gasteiger partial charge is 0.0487 e. The van der Waals surface area contributed by atoms with Gasteiger partial charge < -0.3 is 5.11 Å². The molecule has 0 aliphatic heterocycles. The van der Waals surface area contributed by atoms with E-state index in [9.17, 15) is 5.11 Å². The molecular weight excluding hydrogens is 156 g/mol. The summed E-state index contributed by atoms with van der Waals surface area (Å²) in [4.78, 5) is 0. The monoisotopic (exact) mass is 174 g/mol. The van der Waals surface area contributed by atoms with Crippen molar-refractivity contribution in [3.63, 3.8) is 0 Å². The molecule has 0 radical (unpaired) electrons. The van der Waals surface area contributed by atoms with Crippen LogP contribution in [0.2, 0.25) is 0 Å². The summed E-state index contributed by atoms with van der Waals surface area (Å²) in [5.41, 5.74) is 0.239. The van der Waals surface area contributed by atoms with E-state index >= 15 is 0 Å². The SMILES string of the molecule is CSCCC(C)(CO)C1CC1. The van der Waals surface area contributed by atoms with Crippen LogP contribution in [0, 0.1) is 11.3 Å². The third-order valence-corrected chi connectivity index (χ3v) is 3.41. The molecule has 1 unspecified atom stereocenters. The highest BCUT2D eigenvalue weighted by Crippen LogP contribution is 2.47. The molecule has 1 aliphatic rings. The van der Waals surface area contributed by atoms with E-state index in [1.807, 2.05) is 11.8 Å². The maximum absolute atomic E-state index is 9.21. The zero-order valence-corrected chi connectivity index (χ0v) is 8.28. The molecule has 1 aliphatic carbocycles. The molecule has 1 N–H and O–H groups in total. The topological polar surface area (TPSA) is 20.2 Å². The van der Waals surface area contributed by atoms with Crippen molar-refractivity contribution < 1.29 is 5.11 Å². The lowest BCUT2D eigenvalue weighted by molar-refractivity contribution is 0.116. The predicted molar refractivity (Wildman–Crippen MR) is 50.9 cm³/mol. The Bertz CT molecular complexity index is 123. The van der Waals surface area contributed by atoms with Gasteiger partial charge in [0.1, 0.15) is 0 Å². The molecule has 0 aromatic rings. The van der Waals surface area contributed by atoms with Gasteiger partial charge in [-0.2, -0.15) is 11.8 Å². The highest BCUT2D eigenvalue weighted by atomic mass is 32.2. The Kier molecular flexibility index (Phi) is 3.26. The van der Waals surface area contributed by atoms with Crippen molar-refractivity contribution in [2.24, 2.45) is 11.3 Å². The summed E-state index contributed by atoms with van der Waals surface area (Å²) in [6.45, 7) is 2.60. The van der Waals surface area contributed by atoms with Crippen molar-refractivity contribution in [3.8, 4) is 0 Å². The number of hydrogen-bond acceptors (Lipinski definition) is 2. The molecule has 0 spiro atoms. The highest BCUT2D eigenvalue weighted by Gasteiger charge is 2.40. The van der Waals surface area contributed by atoms with Gasteiger partial charge in [0, 0.05) is 6.61 Å². The molecule has 1 rings (SSSR count). The largest absolute Gasteiger partial charge is 0.396 e. The van der Waals surface area contributed by atoms with Gasteiger partial charge in [0.15, 0.2) is 0 Å². The second kappa shape index (κ2) is 3.81. The lowest BCUT2D eigenvalue weighted by Crippen LogP contribution is -2.24. The van der Waals surface area contributed by atoms with Crippen LogP contribution in [0.4, 0.5) is 0 Å². The van der Waals surface area contributed by atoms with Crippen LogP contribution < -0.4 is 0 Å². The average Bonchev–Trinajstić information content (AvgIpc) is 2.82. The number of thioether (sulfide) groups is 1. The van der Waals surface area contributed by atoms with Crippen LogP contribution in [0.1, 0.15) is 26.2 Å². The molecule has 0 saturated heterocycles. The van der Waals surface area contributed by atoms with Crippen LogP contribution in [0.25, 0.3) is 0 Å². The molecule has 0 aromatic carbocycles. The average molecular weight is 174 g/mol. The molecule has 0 amide bonds. The Labute approximate surface area is 73.6 Å². The quantitative estimate of drug-likeness (QED) is 0.689. The summed E-state index contributed by atoms with van der Waals surface area (Å²) >= 11 is 1.88. The Morgan fingerprint density at radius 1 is 1.55 bits per heavy atom. The molecule has 1 atom stereocenters. The van der Waals surface area contributed by atoms with Crippen molar-refractivity contribution >= 4 is 11.8 Å². The van der Waals surface area contributed by atoms with Crippen LogP contribution >= 0.6 is 11.8 Å². The van der Waals surface area contributed by atoms with Gasteiger partial charge >= 0.3 is 0 Å². The van der Waals surface area contributed by atoms with E-state index in [1.165, 1.54) is 25.0 Å². The van der Waals surface area contributed by atoms with Gasteiger partial charge in [0.05, 0.1) is 0 Å². The Morgan fingerprint density at radius 3 is 2.55 bits per heavy atom. The molecule has 66 valence electrons. The fourth-order valence-electron chi connectivity index (χ4n) is 1.53. The van der Waals surface area contributed by atoms with Gasteiger partial charge in [0.25, 0.3) is 0 Å². The van der Waals surface area contributed by atoms with Crippen LogP contribution in [0.5, 0.6) is 0 Å². The van der Waals surface area contributed by atoms with E-state index in [0.29, 0.717) is 6.61 Å². The highest BCUT2D eigenvalue weighted by molar-refractivity contribution is 7.98. The van der Waals surface area contributed by atoms with Crippen LogP contribution in [-0.2, 0) is 0 Å². The Morgan fingerprint density at radius 2 is 2.18 bits per heavy atom. The van der Waals surface area contributed by atoms with E-state index in [4.69, 9.17) is 0 Å². The Hall–Kier alpha value is 0.310. The first-order valence-corrected chi connectivity index (χ1v) is 5.72. The fraction of sp³-hybridized carbons (Fsp3) is 1.00. The number of aliphatic hydroxyl groups excluding tert-OH is 1. The lowest BCUT2D eigenvalue weighted by Gasteiger charge is -2.26. The molecule has 0 aromatic heterocycles. The van der Waals surface area contributed by atoms with E-state index < -0.39 is 0 Å². The molecule has 0 heterocycles. The minimum atomic E-state index is 0.239. The van der Waals surface area contributed by atoms with Gasteiger partial charge in [-0.05, 0) is 42.6 Å². The van der Waals surface area contributed by atoms with Crippen molar-refractivity contribution in [2.75, 3.05) is 18.6 Å². The van der Waals surface area contributed by atoms with Crippen molar-refractivity contribution in [2.45, 2.75) is 26.2 Å². The van der Waals surface area contributed by atoms with Crippen LogP contribution in [0.15, 0.2) is 0 Å². The zero-order valence-electron chi connectivity index (χ0n) is 7.47. The second-order valence-corrected chi connectivity index (χ2v) is 4.81. The summed E-state index contributed by atoms with van der Waals surface area (Å²) in [6.07, 6.45) is 5.98. The predicted octanol–water partition coefficient (Wildman–Crippen LogP) is 2.15. The Balaban J connectivity index is 2.31. The summed E-state index contributed by atoms with van der Waals surface area (Å²) in [6, 6.07) is 0. The molecule has 11 heavy (non-hydrogen) atoms. The summed E-state index contributed by atoms with van der Waals surface area (Å²) in [5.74, 6) is 2.01. The molecule has 2 heteroatoms. The number of rotatable bonds is 5. The normalized spacial score (nSPS) is 23.2. The van der Waals surface area contributed by atoms with Gasteiger partial charge in [-0.1, -0.05) is 6.92 Å². The molecular formula is C9H18OS. The number of aliphatic hydroxyl groups is 1. The molecule has 0 bridgehead atoms. The maximum Gasteiger partial charge on any atom is 0.0487 e. The van der Waals surface area contributed by atoms with E-state index in [1.54, 1.807) is 0 Å². The van der Waals surface area contributed by atoms with E-state index in [2.05, 4.69) is 13.2 Å². The van der Waals surface area contributed by atoms with Crippen molar-refractivity contribution in [3.05, 3.63) is 0 Å². The molecule has 1 nitrogen and oxygen atoms in total. The first-order chi connectivity index (χ1) is 5.23. The van der Waals surface area contributed by atoms with Crippen LogP contribution in [0.3, 0.4) is 0 Å². The van der Waals surface area contributed by atoms with Gasteiger partial charge in [-0.25, -0.2) is 0 Å². The zero-order chi connectivity index (χ0) is 8.32. The minimum Gasteiger partial charge on any atom is -0.396 e. The molecule has 1 fully saturated rings. The van der Waals surface area contributed by atoms with Gasteiger partial charge in [0.2, 0.25) is 0 Å². The van der Waals surface area contributed by atoms with Crippen molar-refractivity contribution in [1.82, 2.24) is 0 Å². The summed E-state index contributed by atoms with van der Waals surface area (Å²) in [5, 5.41) is 9.21. The second-order valence-electron chi connectivity index (χ2n) is 3.83. The summed E-state index contributed by atoms with van der Waals surface area (Å²) < 4.78 is 0. The molecule has 1 saturated carbocycles. The van der Waals surface area contributed by atoms with E-state index in [-0.39, 0.29) is 5.41 Å². The maximum atomic E-state index is 9.21. The minimum absolute atomic E-state index is 0.239. The third-order valence-electron chi connectivity index (χ3n) is 2.80. The van der Waals surface area contributed by atoms with E-state index in [0.717, 1.165) is 5.92 Å². The van der Waals surface area contributed by atoms with Gasteiger partial charge in [-0.15, -0.1) is 0 Å². The van der Waals surface area contributed by atoms with Gasteiger partial charge in [-0.3, -0.25) is 0 Å².